The van der Waals surface area contributed by atoms with Crippen molar-refractivity contribution >= 4 is 35.7 Å². The molecule has 0 fully saturated rings. The van der Waals surface area contributed by atoms with Gasteiger partial charge in [-0.1, -0.05) is 104 Å². The average Bonchev–Trinajstić information content (AvgIpc) is 2.78. The van der Waals surface area contributed by atoms with Crippen LogP contribution in [0.15, 0.2) is 91.0 Å². The van der Waals surface area contributed by atoms with Crippen LogP contribution in [-0.4, -0.2) is 41.6 Å². The van der Waals surface area contributed by atoms with Gasteiger partial charge in [0.2, 0.25) is 0 Å². The fourth-order valence-electron chi connectivity index (χ4n) is 3.98. The van der Waals surface area contributed by atoms with Crippen LogP contribution < -0.4 is 15.6 Å². The van der Waals surface area contributed by atoms with E-state index in [9.17, 15) is 15.0 Å². The first-order valence-electron chi connectivity index (χ1n) is 10.4. The van der Waals surface area contributed by atoms with E-state index < -0.39 is 26.3 Å². The molecular formula is C26H28O4Si. The highest BCUT2D eigenvalue weighted by Gasteiger charge is 2.35. The lowest BCUT2D eigenvalue weighted by molar-refractivity contribution is -0.139. The molecule has 0 aliphatic heterocycles. The zero-order valence-corrected chi connectivity index (χ0v) is 18.6. The summed E-state index contributed by atoms with van der Waals surface area (Å²) in [6.45, 7) is 2.33. The first-order valence-corrected chi connectivity index (χ1v) is 12.9. The molecule has 0 spiro atoms. The number of carboxylic acid groups (broad SMARTS) is 1. The molecule has 160 valence electrons. The van der Waals surface area contributed by atoms with Crippen molar-refractivity contribution in [3.8, 4) is 0 Å². The van der Waals surface area contributed by atoms with Crippen molar-refractivity contribution in [1.82, 2.24) is 0 Å². The molecule has 3 N–H and O–H groups in total. The Kier molecular flexibility index (Phi) is 7.58. The van der Waals surface area contributed by atoms with Gasteiger partial charge in [0.05, 0.1) is 18.6 Å². The normalized spacial score (nSPS) is 13.8. The van der Waals surface area contributed by atoms with Crippen LogP contribution in [0.4, 0.5) is 0 Å². The Morgan fingerprint density at radius 1 is 0.871 bits per heavy atom. The van der Waals surface area contributed by atoms with Crippen LogP contribution in [0, 0.1) is 0 Å². The largest absolute Gasteiger partial charge is 0.481 e. The predicted octanol–water partition coefficient (Wildman–Crippen LogP) is 2.39. The number of carbonyl (C=O) groups is 1. The van der Waals surface area contributed by atoms with Gasteiger partial charge in [0, 0.05) is 6.42 Å². The molecule has 0 aromatic heterocycles. The molecular weight excluding hydrogens is 404 g/mol. The van der Waals surface area contributed by atoms with Crippen LogP contribution in [0.1, 0.15) is 18.4 Å². The van der Waals surface area contributed by atoms with E-state index in [1.807, 2.05) is 36.4 Å². The molecule has 3 aromatic rings. The third kappa shape index (κ3) is 5.58. The molecule has 0 bridgehead atoms. The van der Waals surface area contributed by atoms with Crippen molar-refractivity contribution in [2.24, 2.45) is 0 Å². The average molecular weight is 433 g/mol. The molecule has 2 atom stereocenters. The molecule has 4 nitrogen and oxygen atoms in total. The van der Waals surface area contributed by atoms with Gasteiger partial charge < -0.3 is 15.3 Å². The van der Waals surface area contributed by atoms with Gasteiger partial charge in [0.15, 0.2) is 0 Å². The van der Waals surface area contributed by atoms with Crippen LogP contribution >= 0.6 is 0 Å². The molecule has 3 rings (SSSR count). The lowest BCUT2D eigenvalue weighted by Crippen LogP contribution is -2.65. The van der Waals surface area contributed by atoms with Crippen molar-refractivity contribution < 1.29 is 20.1 Å². The third-order valence-electron chi connectivity index (χ3n) is 5.62. The Morgan fingerprint density at radius 3 is 1.94 bits per heavy atom. The van der Waals surface area contributed by atoms with E-state index >= 15 is 0 Å². The zero-order chi connectivity index (χ0) is 22.3. The molecule has 0 saturated carbocycles. The van der Waals surface area contributed by atoms with Gasteiger partial charge in [-0.2, -0.15) is 0 Å². The summed E-state index contributed by atoms with van der Waals surface area (Å²) in [6.07, 6.45) is 1.11. The van der Waals surface area contributed by atoms with Crippen LogP contribution in [0.25, 0.3) is 6.08 Å². The van der Waals surface area contributed by atoms with Crippen LogP contribution in [-0.2, 0) is 4.79 Å². The molecule has 0 aliphatic rings. The second-order valence-corrected chi connectivity index (χ2v) is 11.8. The molecule has 31 heavy (non-hydrogen) atoms. The lowest BCUT2D eigenvalue weighted by Gasteiger charge is -2.31. The van der Waals surface area contributed by atoms with Gasteiger partial charge in [-0.15, -0.1) is 0 Å². The maximum atomic E-state index is 10.7. The van der Waals surface area contributed by atoms with Crippen LogP contribution in [0.5, 0.6) is 0 Å². The summed E-state index contributed by atoms with van der Waals surface area (Å²) < 4.78 is 0. The van der Waals surface area contributed by atoms with Crippen molar-refractivity contribution in [3.05, 3.63) is 96.6 Å². The summed E-state index contributed by atoms with van der Waals surface area (Å²) in [4.78, 5) is 10.7. The maximum absolute atomic E-state index is 10.7. The number of rotatable bonds is 9. The fourth-order valence-corrected chi connectivity index (χ4v) is 7.82. The summed E-state index contributed by atoms with van der Waals surface area (Å²) in [7, 11) is -2.31. The number of aliphatic hydroxyl groups is 2. The SMILES string of the molecule is C[Si](c1ccccc1)(c1ccccc1)c1ccccc1C=CC(O)CC(O)CC(=O)O. The first kappa shape index (κ1) is 22.7. The van der Waals surface area contributed by atoms with Crippen molar-refractivity contribution in [1.29, 1.82) is 0 Å². The lowest BCUT2D eigenvalue weighted by atomic mass is 10.1. The molecule has 0 radical (unpaired) electrons. The second-order valence-electron chi connectivity index (χ2n) is 7.86. The smallest absolute Gasteiger partial charge is 0.305 e. The van der Waals surface area contributed by atoms with Gasteiger partial charge >= 0.3 is 5.97 Å². The van der Waals surface area contributed by atoms with E-state index in [-0.39, 0.29) is 12.8 Å². The van der Waals surface area contributed by atoms with Crippen molar-refractivity contribution in [2.75, 3.05) is 0 Å². The second kappa shape index (κ2) is 10.4. The summed E-state index contributed by atoms with van der Waals surface area (Å²) >= 11 is 0. The molecule has 3 aromatic carbocycles. The standard InChI is InChI=1S/C26H28O4Si/c1-31(23-11-4-2-5-12-23,24-13-6-3-7-14-24)25-15-9-8-10-20(25)16-17-21(27)18-22(28)19-26(29)30/h2-17,21-22,27-28H,18-19H2,1H3,(H,29,30). The van der Waals surface area contributed by atoms with E-state index in [2.05, 4.69) is 61.1 Å². The Hall–Kier alpha value is -2.99. The monoisotopic (exact) mass is 432 g/mol. The molecule has 0 aliphatic carbocycles. The first-order chi connectivity index (χ1) is 14.9. The van der Waals surface area contributed by atoms with Crippen molar-refractivity contribution in [2.45, 2.75) is 31.6 Å². The van der Waals surface area contributed by atoms with E-state index in [4.69, 9.17) is 5.11 Å². The topological polar surface area (TPSA) is 77.8 Å². The summed E-state index contributed by atoms with van der Waals surface area (Å²) in [5, 5.41) is 32.7. The highest BCUT2D eigenvalue weighted by atomic mass is 28.3. The quantitative estimate of drug-likeness (QED) is 0.358. The summed E-state index contributed by atoms with van der Waals surface area (Å²) in [5.74, 6) is -1.08. The highest BCUT2D eigenvalue weighted by Crippen LogP contribution is 2.13. The van der Waals surface area contributed by atoms with E-state index in [0.717, 1.165) is 5.56 Å². The van der Waals surface area contributed by atoms with Gasteiger partial charge in [-0.05, 0) is 21.1 Å². The Morgan fingerprint density at radius 2 is 1.39 bits per heavy atom. The van der Waals surface area contributed by atoms with E-state index in [1.165, 1.54) is 15.6 Å². The number of aliphatic carboxylic acids is 1. The minimum Gasteiger partial charge on any atom is -0.481 e. The predicted molar refractivity (Wildman–Crippen MR) is 128 cm³/mol. The van der Waals surface area contributed by atoms with Crippen LogP contribution in [0.3, 0.4) is 0 Å². The van der Waals surface area contributed by atoms with E-state index in [0.29, 0.717) is 0 Å². The number of hydrogen-bond donors (Lipinski definition) is 3. The van der Waals surface area contributed by atoms with Gasteiger partial charge in [-0.25, -0.2) is 0 Å². The fraction of sp³-hybridized carbons (Fsp3) is 0.192. The van der Waals surface area contributed by atoms with Crippen LogP contribution in [0.2, 0.25) is 6.55 Å². The minimum absolute atomic E-state index is 0.0168. The number of benzene rings is 3. The number of carboxylic acids is 1. The van der Waals surface area contributed by atoms with Gasteiger partial charge in [-0.3, -0.25) is 4.79 Å². The van der Waals surface area contributed by atoms with E-state index in [1.54, 1.807) is 6.08 Å². The molecule has 5 heteroatoms. The summed E-state index contributed by atoms with van der Waals surface area (Å²) in [6, 6.07) is 29.2. The Bertz CT molecular complexity index is 978. The molecule has 0 heterocycles. The minimum atomic E-state index is -2.31. The molecule has 0 saturated heterocycles. The third-order valence-corrected chi connectivity index (χ3v) is 10.1. The van der Waals surface area contributed by atoms with Gasteiger partial charge in [0.1, 0.15) is 8.07 Å². The Balaban J connectivity index is 1.99. The number of hydrogen-bond acceptors (Lipinski definition) is 3. The zero-order valence-electron chi connectivity index (χ0n) is 17.6. The summed E-state index contributed by atoms with van der Waals surface area (Å²) in [5.41, 5.74) is 1.01. The number of aliphatic hydroxyl groups excluding tert-OH is 2. The highest BCUT2D eigenvalue weighted by molar-refractivity contribution is 7.11. The van der Waals surface area contributed by atoms with Crippen molar-refractivity contribution in [3.63, 3.8) is 0 Å². The van der Waals surface area contributed by atoms with Gasteiger partial charge in [0.25, 0.3) is 0 Å². The molecule has 0 amide bonds. The molecule has 2 unspecified atom stereocenters. The maximum Gasteiger partial charge on any atom is 0.305 e. The Labute approximate surface area is 184 Å².